The van der Waals surface area contributed by atoms with Gasteiger partial charge < -0.3 is 20.1 Å². The van der Waals surface area contributed by atoms with Crippen molar-refractivity contribution >= 4 is 18.0 Å². The topological polar surface area (TPSA) is 95.9 Å². The molecule has 0 radical (unpaired) electrons. The summed E-state index contributed by atoms with van der Waals surface area (Å²) in [4.78, 5) is 38.5. The molecule has 1 saturated heterocycles. The van der Waals surface area contributed by atoms with Crippen molar-refractivity contribution in [2.24, 2.45) is 5.92 Å². The number of nitrogens with one attached hydrogen (secondary N) is 1. The van der Waals surface area contributed by atoms with Crippen LogP contribution in [0.2, 0.25) is 0 Å². The maximum atomic E-state index is 13.0. The molecule has 0 bridgehead atoms. The average molecular weight is 477 g/mol. The van der Waals surface area contributed by atoms with Crippen LogP contribution in [-0.2, 0) is 14.3 Å². The van der Waals surface area contributed by atoms with E-state index < -0.39 is 12.1 Å². The lowest BCUT2D eigenvalue weighted by Crippen LogP contribution is -2.44. The van der Waals surface area contributed by atoms with Crippen molar-refractivity contribution in [3.05, 3.63) is 59.7 Å². The fourth-order valence-electron chi connectivity index (χ4n) is 6.07. The van der Waals surface area contributed by atoms with Crippen LogP contribution in [0.3, 0.4) is 0 Å². The molecule has 1 aliphatic heterocycles. The zero-order chi connectivity index (χ0) is 24.4. The van der Waals surface area contributed by atoms with Crippen LogP contribution in [0, 0.1) is 5.92 Å². The molecule has 0 unspecified atom stereocenters. The number of rotatable bonds is 6. The highest BCUT2D eigenvalue weighted by Gasteiger charge is 2.36. The van der Waals surface area contributed by atoms with E-state index in [0.29, 0.717) is 19.4 Å². The van der Waals surface area contributed by atoms with Crippen molar-refractivity contribution in [2.45, 2.75) is 62.9 Å². The molecule has 2 aromatic carbocycles. The van der Waals surface area contributed by atoms with Gasteiger partial charge in [0.25, 0.3) is 0 Å². The van der Waals surface area contributed by atoms with E-state index in [2.05, 4.69) is 29.6 Å². The normalized spacial score (nSPS) is 23.4. The van der Waals surface area contributed by atoms with E-state index in [9.17, 15) is 14.4 Å². The maximum Gasteiger partial charge on any atom is 0.407 e. The van der Waals surface area contributed by atoms with Gasteiger partial charge in [-0.15, -0.1) is 0 Å². The lowest BCUT2D eigenvalue weighted by molar-refractivity contribution is -0.141. The summed E-state index contributed by atoms with van der Waals surface area (Å²) in [5, 5.41) is 12.1. The number of ether oxygens (including phenoxy) is 1. The van der Waals surface area contributed by atoms with Crippen molar-refractivity contribution in [1.29, 1.82) is 0 Å². The smallest absolute Gasteiger partial charge is 0.407 e. The third-order valence-electron chi connectivity index (χ3n) is 7.81. The number of fused-ring (bicyclic) bond motifs is 3. The third-order valence-corrected chi connectivity index (χ3v) is 7.81. The predicted octanol–water partition coefficient (Wildman–Crippen LogP) is 4.55. The first kappa shape index (κ1) is 23.4. The van der Waals surface area contributed by atoms with E-state index in [-0.39, 0.29) is 42.9 Å². The van der Waals surface area contributed by atoms with E-state index in [1.807, 2.05) is 24.3 Å². The van der Waals surface area contributed by atoms with Crippen molar-refractivity contribution in [3.63, 3.8) is 0 Å². The Kier molecular flexibility index (Phi) is 6.75. The third kappa shape index (κ3) is 4.90. The molecule has 1 heterocycles. The molecule has 0 aromatic heterocycles. The first-order valence-corrected chi connectivity index (χ1v) is 12.6. The van der Waals surface area contributed by atoms with Gasteiger partial charge in [0.1, 0.15) is 6.61 Å². The molecule has 35 heavy (non-hydrogen) atoms. The number of amides is 2. The fraction of sp³-hybridized carbons (Fsp3) is 0.464. The number of carbonyl (C=O) groups excluding carboxylic acids is 2. The van der Waals surface area contributed by atoms with E-state index >= 15 is 0 Å². The molecule has 2 aromatic rings. The van der Waals surface area contributed by atoms with Crippen LogP contribution < -0.4 is 5.32 Å². The lowest BCUT2D eigenvalue weighted by Gasteiger charge is -2.33. The zero-order valence-electron chi connectivity index (χ0n) is 19.8. The number of likely N-dealkylation sites (tertiary alicyclic amines) is 1. The zero-order valence-corrected chi connectivity index (χ0v) is 19.8. The van der Waals surface area contributed by atoms with Crippen LogP contribution >= 0.6 is 0 Å². The van der Waals surface area contributed by atoms with E-state index in [1.165, 1.54) is 22.3 Å². The highest BCUT2D eigenvalue weighted by Crippen LogP contribution is 2.44. The molecule has 0 spiro atoms. The van der Waals surface area contributed by atoms with Crippen LogP contribution in [0.25, 0.3) is 11.1 Å². The summed E-state index contributed by atoms with van der Waals surface area (Å²) in [6.45, 7) is 0.933. The van der Waals surface area contributed by atoms with Crippen LogP contribution in [0.15, 0.2) is 48.5 Å². The van der Waals surface area contributed by atoms with Gasteiger partial charge in [0.05, 0.1) is 6.42 Å². The Labute approximate surface area is 205 Å². The monoisotopic (exact) mass is 476 g/mol. The summed E-state index contributed by atoms with van der Waals surface area (Å²) in [7, 11) is 0. The summed E-state index contributed by atoms with van der Waals surface area (Å²) in [5.41, 5.74) is 4.76. The molecule has 2 aliphatic carbocycles. The number of aliphatic carboxylic acids is 1. The molecule has 5 rings (SSSR count). The van der Waals surface area contributed by atoms with Gasteiger partial charge in [-0.1, -0.05) is 48.5 Å². The number of nitrogens with zero attached hydrogens (tertiary/aromatic N) is 1. The Morgan fingerprint density at radius 2 is 1.54 bits per heavy atom. The summed E-state index contributed by atoms with van der Waals surface area (Å²) < 4.78 is 5.67. The van der Waals surface area contributed by atoms with Crippen molar-refractivity contribution in [3.8, 4) is 11.1 Å². The number of alkyl carbamates (subject to hydrolysis) is 1. The number of carbonyl (C=O) groups is 3. The van der Waals surface area contributed by atoms with E-state index in [4.69, 9.17) is 9.84 Å². The SMILES string of the molecule is O=C(O)C[C@H]1CCCN1C(=O)C1CCC(NC(=O)OCC2c3ccccc3-c3ccccc32)CC1. The van der Waals surface area contributed by atoms with Gasteiger partial charge >= 0.3 is 12.1 Å². The summed E-state index contributed by atoms with van der Waals surface area (Å²) in [5.74, 6) is -0.843. The Hall–Kier alpha value is -3.35. The molecule has 7 heteroatoms. The minimum absolute atomic E-state index is 0.0110. The Balaban J connectivity index is 1.11. The van der Waals surface area contributed by atoms with Gasteiger partial charge in [-0.3, -0.25) is 9.59 Å². The number of hydrogen-bond acceptors (Lipinski definition) is 4. The van der Waals surface area contributed by atoms with Crippen molar-refractivity contribution < 1.29 is 24.2 Å². The second-order valence-electron chi connectivity index (χ2n) is 9.94. The number of hydrogen-bond donors (Lipinski definition) is 2. The standard InChI is InChI=1S/C28H32N2O5/c31-26(32)16-20-6-5-15-30(20)27(33)18-11-13-19(14-12-18)29-28(34)35-17-25-23-9-3-1-7-21(23)22-8-2-4-10-24(22)25/h1-4,7-10,18-20,25H,5-6,11-17H2,(H,29,34)(H,31,32)/t18?,19?,20-/m1/s1. The van der Waals surface area contributed by atoms with Crippen LogP contribution in [0.5, 0.6) is 0 Å². The molecule has 2 fully saturated rings. The molecular formula is C28H32N2O5. The first-order valence-electron chi connectivity index (χ1n) is 12.6. The quantitative estimate of drug-likeness (QED) is 0.638. The molecule has 1 atom stereocenters. The van der Waals surface area contributed by atoms with E-state index in [1.54, 1.807) is 4.90 Å². The second-order valence-corrected chi connectivity index (χ2v) is 9.94. The molecule has 3 aliphatic rings. The molecule has 7 nitrogen and oxygen atoms in total. The fourth-order valence-corrected chi connectivity index (χ4v) is 6.07. The summed E-state index contributed by atoms with van der Waals surface area (Å²) in [6.07, 6.45) is 4.06. The molecule has 184 valence electrons. The van der Waals surface area contributed by atoms with Crippen molar-refractivity contribution in [1.82, 2.24) is 10.2 Å². The van der Waals surface area contributed by atoms with E-state index in [0.717, 1.165) is 25.7 Å². The van der Waals surface area contributed by atoms with Gasteiger partial charge in [0.2, 0.25) is 5.91 Å². The minimum Gasteiger partial charge on any atom is -0.481 e. The molecule has 1 saturated carbocycles. The molecular weight excluding hydrogens is 444 g/mol. The van der Waals surface area contributed by atoms with Crippen molar-refractivity contribution in [2.75, 3.05) is 13.2 Å². The first-order chi connectivity index (χ1) is 17.0. The predicted molar refractivity (Wildman–Crippen MR) is 131 cm³/mol. The lowest BCUT2D eigenvalue weighted by atomic mass is 9.85. The van der Waals surface area contributed by atoms with Crippen LogP contribution in [0.4, 0.5) is 4.79 Å². The highest BCUT2D eigenvalue weighted by molar-refractivity contribution is 5.81. The molecule has 2 amide bonds. The number of benzene rings is 2. The summed E-state index contributed by atoms with van der Waals surface area (Å²) >= 11 is 0. The van der Waals surface area contributed by atoms with Gasteiger partial charge in [0, 0.05) is 30.5 Å². The highest BCUT2D eigenvalue weighted by atomic mass is 16.5. The second kappa shape index (κ2) is 10.1. The largest absolute Gasteiger partial charge is 0.481 e. The van der Waals surface area contributed by atoms with Gasteiger partial charge in [0.15, 0.2) is 0 Å². The number of carboxylic acid groups (broad SMARTS) is 1. The van der Waals surface area contributed by atoms with Gasteiger partial charge in [-0.05, 0) is 60.8 Å². The van der Waals surface area contributed by atoms with Crippen LogP contribution in [0.1, 0.15) is 62.0 Å². The Bertz CT molecular complexity index is 1060. The minimum atomic E-state index is -0.856. The molecule has 2 N–H and O–H groups in total. The summed E-state index contributed by atoms with van der Waals surface area (Å²) in [6, 6.07) is 16.3. The Morgan fingerprint density at radius 3 is 2.17 bits per heavy atom. The van der Waals surface area contributed by atoms with Gasteiger partial charge in [-0.25, -0.2) is 4.79 Å². The maximum absolute atomic E-state index is 13.0. The number of carboxylic acids is 1. The van der Waals surface area contributed by atoms with Gasteiger partial charge in [-0.2, -0.15) is 0 Å². The Morgan fingerprint density at radius 1 is 0.914 bits per heavy atom. The van der Waals surface area contributed by atoms with Crippen LogP contribution in [-0.4, -0.2) is 53.2 Å². The average Bonchev–Trinajstić information content (AvgIpc) is 3.45.